The Kier molecular flexibility index (Phi) is 5.25. The summed E-state index contributed by atoms with van der Waals surface area (Å²) in [6.45, 7) is 2.41. The monoisotopic (exact) mass is 473 g/mol. The third-order valence-electron chi connectivity index (χ3n) is 6.31. The number of halogens is 1. The summed E-state index contributed by atoms with van der Waals surface area (Å²) in [4.78, 5) is 27.9. The Morgan fingerprint density at radius 1 is 1.15 bits per heavy atom. The van der Waals surface area contributed by atoms with Crippen molar-refractivity contribution in [3.8, 4) is 11.1 Å². The summed E-state index contributed by atoms with van der Waals surface area (Å²) in [6, 6.07) is 12.1. The van der Waals surface area contributed by atoms with Crippen LogP contribution >= 0.6 is 11.3 Å². The first-order valence-corrected chi connectivity index (χ1v) is 12.5. The van der Waals surface area contributed by atoms with Crippen LogP contribution in [0, 0.1) is 12.7 Å². The van der Waals surface area contributed by atoms with E-state index in [9.17, 15) is 4.79 Å². The molecule has 2 heterocycles. The fourth-order valence-corrected chi connectivity index (χ4v) is 4.82. The molecule has 6 nitrogen and oxygen atoms in total. The minimum Gasteiger partial charge on any atom is -0.367 e. The molecule has 6 rings (SSSR count). The average Bonchev–Trinajstić information content (AvgIpc) is 3.77. The van der Waals surface area contributed by atoms with Gasteiger partial charge in [0.25, 0.3) is 5.91 Å². The van der Waals surface area contributed by atoms with Crippen LogP contribution < -0.4 is 5.32 Å². The molecule has 172 valence electrons. The lowest BCUT2D eigenvalue weighted by Crippen LogP contribution is -2.32. The van der Waals surface area contributed by atoms with Gasteiger partial charge in [-0.3, -0.25) is 4.79 Å². The molecule has 2 saturated carbocycles. The average molecular weight is 474 g/mol. The van der Waals surface area contributed by atoms with E-state index in [-0.39, 0.29) is 17.8 Å². The van der Waals surface area contributed by atoms with E-state index in [2.05, 4.69) is 20.3 Å². The van der Waals surface area contributed by atoms with Gasteiger partial charge in [-0.15, -0.1) is 11.3 Å². The van der Waals surface area contributed by atoms with Crippen LogP contribution in [0.2, 0.25) is 0 Å². The standard InChI is InChI=1S/C26H24FN5OS/c1-15-30-23(13-34-15)26(33)32(20-7-8-20)12-16-3-2-4-17(9-16)18-10-21-24(22(27)11-18)28-14-29-25(21)31-19-5-6-19/h2-4,9-11,13-14,19-20H,5-8,12H2,1H3,(H,28,29,31). The first kappa shape index (κ1) is 21.2. The van der Waals surface area contributed by atoms with Crippen molar-refractivity contribution in [2.75, 3.05) is 5.32 Å². The molecule has 2 fully saturated rings. The maximum Gasteiger partial charge on any atom is 0.273 e. The second-order valence-corrected chi connectivity index (χ2v) is 10.2. The van der Waals surface area contributed by atoms with Gasteiger partial charge in [0.15, 0.2) is 0 Å². The van der Waals surface area contributed by atoms with Gasteiger partial charge in [0.05, 0.1) is 5.01 Å². The SMILES string of the molecule is Cc1nc(C(=O)N(Cc2cccc(-c3cc(F)c4ncnc(NC5CC5)c4c3)c2)C2CC2)cs1. The molecule has 0 atom stereocenters. The van der Waals surface area contributed by atoms with E-state index >= 15 is 4.39 Å². The number of thiazole rings is 1. The highest BCUT2D eigenvalue weighted by Gasteiger charge is 2.34. The second kappa shape index (κ2) is 8.43. The van der Waals surface area contributed by atoms with Crippen LogP contribution in [0.4, 0.5) is 10.2 Å². The summed E-state index contributed by atoms with van der Waals surface area (Å²) in [7, 11) is 0. The molecular formula is C26H24FN5OS. The van der Waals surface area contributed by atoms with Gasteiger partial charge in [-0.05, 0) is 67.5 Å². The molecule has 0 aliphatic heterocycles. The number of fused-ring (bicyclic) bond motifs is 1. The number of rotatable bonds is 7. The lowest BCUT2D eigenvalue weighted by atomic mass is 10.0. The van der Waals surface area contributed by atoms with E-state index in [1.54, 1.807) is 0 Å². The zero-order valence-electron chi connectivity index (χ0n) is 18.8. The van der Waals surface area contributed by atoms with Crippen molar-refractivity contribution < 1.29 is 9.18 Å². The molecular weight excluding hydrogens is 449 g/mol. The molecule has 2 aliphatic carbocycles. The lowest BCUT2D eigenvalue weighted by molar-refractivity contribution is 0.0724. The van der Waals surface area contributed by atoms with Crippen molar-refractivity contribution in [1.29, 1.82) is 0 Å². The normalized spacial score (nSPS) is 15.5. The number of anilines is 1. The van der Waals surface area contributed by atoms with Crippen molar-refractivity contribution in [3.05, 3.63) is 70.2 Å². The van der Waals surface area contributed by atoms with Crippen molar-refractivity contribution in [3.63, 3.8) is 0 Å². The zero-order valence-corrected chi connectivity index (χ0v) is 19.6. The number of amides is 1. The van der Waals surface area contributed by atoms with Crippen molar-refractivity contribution in [2.24, 2.45) is 0 Å². The van der Waals surface area contributed by atoms with E-state index in [1.165, 1.54) is 23.7 Å². The highest BCUT2D eigenvalue weighted by atomic mass is 32.1. The van der Waals surface area contributed by atoms with E-state index in [0.29, 0.717) is 35.0 Å². The molecule has 0 radical (unpaired) electrons. The third kappa shape index (κ3) is 4.25. The van der Waals surface area contributed by atoms with E-state index in [4.69, 9.17) is 0 Å². The van der Waals surface area contributed by atoms with E-state index in [0.717, 1.165) is 47.4 Å². The van der Waals surface area contributed by atoms with Gasteiger partial charge in [-0.25, -0.2) is 19.3 Å². The number of carbonyl (C=O) groups is 1. The van der Waals surface area contributed by atoms with Crippen LogP contribution in [-0.4, -0.2) is 37.8 Å². The van der Waals surface area contributed by atoms with Crippen molar-refractivity contribution in [1.82, 2.24) is 19.9 Å². The molecule has 0 spiro atoms. The fourth-order valence-electron chi connectivity index (χ4n) is 4.24. The van der Waals surface area contributed by atoms with Crippen LogP contribution in [0.25, 0.3) is 22.0 Å². The number of benzene rings is 2. The van der Waals surface area contributed by atoms with Gasteiger partial charge in [-0.1, -0.05) is 18.2 Å². The fraction of sp³-hybridized carbons (Fsp3) is 0.308. The lowest BCUT2D eigenvalue weighted by Gasteiger charge is -2.22. The van der Waals surface area contributed by atoms with Crippen LogP contribution in [0.15, 0.2) is 48.1 Å². The Hall–Kier alpha value is -3.39. The largest absolute Gasteiger partial charge is 0.367 e. The van der Waals surface area contributed by atoms with Gasteiger partial charge in [-0.2, -0.15) is 0 Å². The van der Waals surface area contributed by atoms with Crippen LogP contribution in [-0.2, 0) is 6.54 Å². The van der Waals surface area contributed by atoms with Gasteiger partial charge in [0, 0.05) is 29.4 Å². The highest BCUT2D eigenvalue weighted by molar-refractivity contribution is 7.09. The molecule has 8 heteroatoms. The molecule has 34 heavy (non-hydrogen) atoms. The van der Waals surface area contributed by atoms with Gasteiger partial charge < -0.3 is 10.2 Å². The van der Waals surface area contributed by atoms with Gasteiger partial charge in [0.1, 0.15) is 29.2 Å². The maximum absolute atomic E-state index is 15.0. The zero-order chi connectivity index (χ0) is 23.2. The maximum atomic E-state index is 15.0. The minimum absolute atomic E-state index is 0.0260. The molecule has 2 aromatic heterocycles. The summed E-state index contributed by atoms with van der Waals surface area (Å²) >= 11 is 1.49. The number of aryl methyl sites for hydroxylation is 1. The molecule has 1 amide bonds. The highest BCUT2D eigenvalue weighted by Crippen LogP contribution is 2.34. The van der Waals surface area contributed by atoms with E-state index < -0.39 is 0 Å². The van der Waals surface area contributed by atoms with Crippen molar-refractivity contribution in [2.45, 2.75) is 51.2 Å². The summed E-state index contributed by atoms with van der Waals surface area (Å²) in [5, 5.41) is 6.79. The Bertz CT molecular complexity index is 1400. The quantitative estimate of drug-likeness (QED) is 0.379. The molecule has 2 aliphatic rings. The number of hydrogen-bond donors (Lipinski definition) is 1. The Labute approximate surface area is 200 Å². The smallest absolute Gasteiger partial charge is 0.273 e. The van der Waals surface area contributed by atoms with Gasteiger partial charge in [0.2, 0.25) is 0 Å². The van der Waals surface area contributed by atoms with Crippen LogP contribution in [0.1, 0.15) is 46.7 Å². The Morgan fingerprint density at radius 2 is 2.00 bits per heavy atom. The molecule has 2 aromatic carbocycles. The van der Waals surface area contributed by atoms with Crippen LogP contribution in [0.3, 0.4) is 0 Å². The number of aromatic nitrogens is 3. The molecule has 0 bridgehead atoms. The predicted octanol–water partition coefficient (Wildman–Crippen LogP) is 5.58. The second-order valence-electron chi connectivity index (χ2n) is 9.11. The molecule has 1 N–H and O–H groups in total. The molecule has 4 aromatic rings. The summed E-state index contributed by atoms with van der Waals surface area (Å²) in [5.74, 6) is 0.281. The van der Waals surface area contributed by atoms with Crippen molar-refractivity contribution >= 4 is 34.0 Å². The summed E-state index contributed by atoms with van der Waals surface area (Å²) in [6.07, 6.45) is 5.64. The van der Waals surface area contributed by atoms with Gasteiger partial charge >= 0.3 is 0 Å². The Balaban J connectivity index is 1.32. The summed E-state index contributed by atoms with van der Waals surface area (Å²) in [5.41, 5.74) is 3.50. The molecule has 0 saturated heterocycles. The minimum atomic E-state index is -0.368. The van der Waals surface area contributed by atoms with E-state index in [1.807, 2.05) is 47.5 Å². The van der Waals surface area contributed by atoms with Crippen LogP contribution in [0.5, 0.6) is 0 Å². The number of nitrogens with one attached hydrogen (secondary N) is 1. The third-order valence-corrected chi connectivity index (χ3v) is 7.08. The number of hydrogen-bond acceptors (Lipinski definition) is 6. The Morgan fingerprint density at radius 3 is 2.74 bits per heavy atom. The predicted molar refractivity (Wildman–Crippen MR) is 131 cm³/mol. The number of nitrogens with zero attached hydrogens (tertiary/aromatic N) is 4. The first-order chi connectivity index (χ1) is 16.5. The summed E-state index contributed by atoms with van der Waals surface area (Å²) < 4.78 is 15.0. The molecule has 0 unspecified atom stereocenters. The first-order valence-electron chi connectivity index (χ1n) is 11.6. The topological polar surface area (TPSA) is 71.0 Å². The number of carbonyl (C=O) groups excluding carboxylic acids is 1.